The minimum absolute atomic E-state index is 0.0490. The van der Waals surface area contributed by atoms with E-state index in [0.717, 1.165) is 22.0 Å². The van der Waals surface area contributed by atoms with Crippen molar-refractivity contribution in [1.82, 2.24) is 0 Å². The molecule has 5 heteroatoms. The van der Waals surface area contributed by atoms with Gasteiger partial charge in [-0.15, -0.1) is 0 Å². The summed E-state index contributed by atoms with van der Waals surface area (Å²) in [7, 11) is 1.65. The SMILES string of the molecule is CN=C1C(=O)N(c2ccsc2)c2ccccc21.Clc1ccccc1. The predicted octanol–water partition coefficient (Wildman–Crippen LogP) is 5.19. The topological polar surface area (TPSA) is 32.7 Å². The van der Waals surface area contributed by atoms with Gasteiger partial charge in [-0.2, -0.15) is 11.3 Å². The molecule has 4 rings (SSSR count). The Morgan fingerprint density at radius 3 is 2.29 bits per heavy atom. The highest BCUT2D eigenvalue weighted by Gasteiger charge is 2.34. The van der Waals surface area contributed by atoms with E-state index in [9.17, 15) is 4.79 Å². The minimum atomic E-state index is -0.0490. The second-order valence-electron chi connectivity index (χ2n) is 5.01. The fraction of sp³-hybridized carbons (Fsp3) is 0.0526. The average molecular weight is 355 g/mol. The first-order chi connectivity index (χ1) is 11.7. The number of fused-ring (bicyclic) bond motifs is 1. The molecule has 0 saturated carbocycles. The first-order valence-electron chi connectivity index (χ1n) is 7.35. The number of carbonyl (C=O) groups excluding carboxylic acids is 1. The van der Waals surface area contributed by atoms with Gasteiger partial charge in [0.05, 0.1) is 11.4 Å². The van der Waals surface area contributed by atoms with Crippen LogP contribution >= 0.6 is 22.9 Å². The van der Waals surface area contributed by atoms with Crippen LogP contribution in [-0.2, 0) is 4.79 Å². The van der Waals surface area contributed by atoms with Crippen LogP contribution in [0.15, 0.2) is 76.4 Å². The second kappa shape index (κ2) is 7.43. The molecule has 120 valence electrons. The third-order valence-corrected chi connectivity index (χ3v) is 4.45. The molecule has 0 unspecified atom stereocenters. The van der Waals surface area contributed by atoms with Crippen LogP contribution in [0.5, 0.6) is 0 Å². The molecule has 0 atom stereocenters. The summed E-state index contributed by atoms with van der Waals surface area (Å²) in [6.45, 7) is 0. The van der Waals surface area contributed by atoms with Gasteiger partial charge in [-0.25, -0.2) is 0 Å². The normalized spacial score (nSPS) is 14.3. The molecule has 0 radical (unpaired) electrons. The lowest BCUT2D eigenvalue weighted by molar-refractivity contribution is -0.111. The highest BCUT2D eigenvalue weighted by Crippen LogP contribution is 2.36. The first kappa shape index (κ1) is 16.4. The number of rotatable bonds is 1. The standard InChI is InChI=1S/C13H10N2OS.C6H5Cl/c1-14-12-10-4-2-3-5-11(10)15(13(12)16)9-6-7-17-8-9;7-6-4-2-1-3-5-6/h2-8H,1H3;1-5H. The van der Waals surface area contributed by atoms with Gasteiger partial charge in [-0.05, 0) is 29.6 Å². The maximum Gasteiger partial charge on any atom is 0.281 e. The smallest absolute Gasteiger partial charge is 0.281 e. The van der Waals surface area contributed by atoms with Crippen LogP contribution in [0.1, 0.15) is 5.56 Å². The summed E-state index contributed by atoms with van der Waals surface area (Å²) in [5.74, 6) is -0.0490. The Labute approximate surface area is 149 Å². The Bertz CT molecular complexity index is 860. The van der Waals surface area contributed by atoms with Crippen molar-refractivity contribution < 1.29 is 4.79 Å². The van der Waals surface area contributed by atoms with Gasteiger partial charge in [0.2, 0.25) is 0 Å². The molecule has 1 amide bonds. The number of hydrogen-bond acceptors (Lipinski definition) is 3. The van der Waals surface area contributed by atoms with E-state index in [1.165, 1.54) is 0 Å². The van der Waals surface area contributed by atoms with Gasteiger partial charge >= 0.3 is 0 Å². The molecule has 0 saturated heterocycles. The summed E-state index contributed by atoms with van der Waals surface area (Å²) < 4.78 is 0. The van der Waals surface area contributed by atoms with Gasteiger partial charge in [-0.3, -0.25) is 14.7 Å². The maximum atomic E-state index is 12.3. The summed E-state index contributed by atoms with van der Waals surface area (Å²) in [4.78, 5) is 18.1. The Hall–Kier alpha value is -2.43. The number of amides is 1. The van der Waals surface area contributed by atoms with Crippen LogP contribution in [-0.4, -0.2) is 18.7 Å². The van der Waals surface area contributed by atoms with E-state index in [2.05, 4.69) is 4.99 Å². The highest BCUT2D eigenvalue weighted by molar-refractivity contribution is 7.08. The van der Waals surface area contributed by atoms with E-state index in [1.54, 1.807) is 23.3 Å². The number of carbonyl (C=O) groups is 1. The Kier molecular flexibility index (Phi) is 5.08. The lowest BCUT2D eigenvalue weighted by Crippen LogP contribution is -2.24. The van der Waals surface area contributed by atoms with Crippen molar-refractivity contribution in [2.24, 2.45) is 4.99 Å². The largest absolute Gasteiger partial charge is 0.282 e. The number of benzene rings is 2. The van der Waals surface area contributed by atoms with Gasteiger partial charge in [0, 0.05) is 23.0 Å². The molecular weight excluding hydrogens is 340 g/mol. The molecule has 0 fully saturated rings. The average Bonchev–Trinajstić information content (AvgIpc) is 3.21. The molecule has 2 heterocycles. The van der Waals surface area contributed by atoms with Gasteiger partial charge in [0.25, 0.3) is 5.91 Å². The number of para-hydroxylation sites is 1. The van der Waals surface area contributed by atoms with Crippen molar-refractivity contribution in [3.63, 3.8) is 0 Å². The zero-order chi connectivity index (χ0) is 16.9. The van der Waals surface area contributed by atoms with E-state index in [0.29, 0.717) is 5.71 Å². The molecule has 0 bridgehead atoms. The van der Waals surface area contributed by atoms with Crippen molar-refractivity contribution in [2.75, 3.05) is 11.9 Å². The van der Waals surface area contributed by atoms with Crippen LogP contribution in [0.4, 0.5) is 11.4 Å². The summed E-state index contributed by atoms with van der Waals surface area (Å²) >= 11 is 7.12. The zero-order valence-corrected chi connectivity index (χ0v) is 14.6. The molecule has 1 aliphatic rings. The fourth-order valence-electron chi connectivity index (χ4n) is 2.47. The quantitative estimate of drug-likeness (QED) is 0.592. The van der Waals surface area contributed by atoms with E-state index in [1.807, 2.05) is 71.4 Å². The van der Waals surface area contributed by atoms with Crippen molar-refractivity contribution in [3.05, 3.63) is 82.0 Å². The van der Waals surface area contributed by atoms with Crippen LogP contribution in [0.25, 0.3) is 0 Å². The number of nitrogens with zero attached hydrogens (tertiary/aromatic N) is 2. The summed E-state index contributed by atoms with van der Waals surface area (Å²) in [5.41, 5.74) is 3.26. The van der Waals surface area contributed by atoms with Crippen molar-refractivity contribution in [3.8, 4) is 0 Å². The van der Waals surface area contributed by atoms with Crippen molar-refractivity contribution in [1.29, 1.82) is 0 Å². The van der Waals surface area contributed by atoms with Crippen molar-refractivity contribution >= 4 is 45.9 Å². The Morgan fingerprint density at radius 1 is 1.00 bits per heavy atom. The Morgan fingerprint density at radius 2 is 1.71 bits per heavy atom. The first-order valence-corrected chi connectivity index (χ1v) is 8.68. The van der Waals surface area contributed by atoms with Crippen molar-refractivity contribution in [2.45, 2.75) is 0 Å². The molecule has 3 nitrogen and oxygen atoms in total. The third-order valence-electron chi connectivity index (χ3n) is 3.53. The monoisotopic (exact) mass is 354 g/mol. The number of thiophene rings is 1. The van der Waals surface area contributed by atoms with Gasteiger partial charge in [0.15, 0.2) is 0 Å². The van der Waals surface area contributed by atoms with Crippen LogP contribution < -0.4 is 4.90 Å². The maximum absolute atomic E-state index is 12.3. The second-order valence-corrected chi connectivity index (χ2v) is 6.22. The molecule has 2 aromatic carbocycles. The molecule has 0 spiro atoms. The van der Waals surface area contributed by atoms with E-state index < -0.39 is 0 Å². The summed E-state index contributed by atoms with van der Waals surface area (Å²) in [6, 6.07) is 19.1. The number of anilines is 2. The molecule has 3 aromatic rings. The highest BCUT2D eigenvalue weighted by atomic mass is 35.5. The summed E-state index contributed by atoms with van der Waals surface area (Å²) in [5, 5.41) is 4.72. The molecule has 24 heavy (non-hydrogen) atoms. The molecule has 1 aromatic heterocycles. The lowest BCUT2D eigenvalue weighted by Gasteiger charge is -2.14. The number of aliphatic imine (C=N–C) groups is 1. The summed E-state index contributed by atoms with van der Waals surface area (Å²) in [6.07, 6.45) is 0. The van der Waals surface area contributed by atoms with Gasteiger partial charge in [0.1, 0.15) is 5.71 Å². The van der Waals surface area contributed by atoms with Gasteiger partial charge < -0.3 is 0 Å². The molecular formula is C19H15ClN2OS. The molecule has 0 aliphatic carbocycles. The third kappa shape index (κ3) is 3.25. The van der Waals surface area contributed by atoms with Crippen LogP contribution in [0.3, 0.4) is 0 Å². The van der Waals surface area contributed by atoms with Crippen LogP contribution in [0, 0.1) is 0 Å². The van der Waals surface area contributed by atoms with Gasteiger partial charge in [-0.1, -0.05) is 48.0 Å². The van der Waals surface area contributed by atoms with E-state index in [4.69, 9.17) is 11.6 Å². The number of hydrogen-bond donors (Lipinski definition) is 0. The molecule has 1 aliphatic heterocycles. The fourth-order valence-corrected chi connectivity index (χ4v) is 3.24. The minimum Gasteiger partial charge on any atom is -0.282 e. The van der Waals surface area contributed by atoms with Crippen LogP contribution in [0.2, 0.25) is 5.02 Å². The van der Waals surface area contributed by atoms with E-state index in [-0.39, 0.29) is 5.91 Å². The Balaban J connectivity index is 0.000000203. The lowest BCUT2D eigenvalue weighted by atomic mass is 10.1. The zero-order valence-electron chi connectivity index (χ0n) is 13.0. The predicted molar refractivity (Wildman–Crippen MR) is 102 cm³/mol. The molecule has 0 N–H and O–H groups in total. The van der Waals surface area contributed by atoms with E-state index >= 15 is 0 Å². The number of halogens is 1.